The van der Waals surface area contributed by atoms with Gasteiger partial charge >= 0.3 is 0 Å². The van der Waals surface area contributed by atoms with E-state index in [4.69, 9.17) is 10.5 Å². The second-order valence-corrected chi connectivity index (χ2v) is 2.83. The van der Waals surface area contributed by atoms with Gasteiger partial charge in [0.2, 0.25) is 0 Å². The number of nitrogens with one attached hydrogen (secondary N) is 1. The number of rotatable bonds is 3. The number of nitrogens with zero attached hydrogens (tertiary/aromatic N) is 1. The zero-order chi connectivity index (χ0) is 11.3. The Morgan fingerprint density at radius 1 is 1.60 bits per heavy atom. The zero-order valence-corrected chi connectivity index (χ0v) is 8.75. The smallest absolute Gasteiger partial charge is 0.193 e. The number of anilines is 1. The maximum absolute atomic E-state index is 13.3. The summed E-state index contributed by atoms with van der Waals surface area (Å²) < 4.78 is 18.2. The van der Waals surface area contributed by atoms with Gasteiger partial charge in [-0.15, -0.1) is 0 Å². The van der Waals surface area contributed by atoms with Gasteiger partial charge in [0.1, 0.15) is 11.6 Å². The van der Waals surface area contributed by atoms with Gasteiger partial charge in [-0.05, 0) is 19.1 Å². The molecule has 0 amide bonds. The minimum Gasteiger partial charge on any atom is -0.497 e. The Bertz CT molecular complexity index is 366. The number of hydrogen-bond donors (Lipinski definition) is 2. The Morgan fingerprint density at radius 2 is 2.33 bits per heavy atom. The van der Waals surface area contributed by atoms with Gasteiger partial charge in [-0.1, -0.05) is 0 Å². The Balaban J connectivity index is 2.88. The molecule has 0 aliphatic carbocycles. The van der Waals surface area contributed by atoms with Crippen LogP contribution in [0.3, 0.4) is 0 Å². The molecule has 0 radical (unpaired) electrons. The molecule has 82 valence electrons. The molecular weight excluding hydrogens is 197 g/mol. The number of guanidine groups is 1. The molecule has 0 atom stereocenters. The van der Waals surface area contributed by atoms with Gasteiger partial charge in [-0.3, -0.25) is 4.99 Å². The third-order valence-corrected chi connectivity index (χ3v) is 1.76. The van der Waals surface area contributed by atoms with E-state index in [1.54, 1.807) is 0 Å². The first-order chi connectivity index (χ1) is 7.17. The van der Waals surface area contributed by atoms with Crippen LogP contribution in [0.15, 0.2) is 23.2 Å². The van der Waals surface area contributed by atoms with Crippen molar-refractivity contribution in [3.63, 3.8) is 0 Å². The summed E-state index contributed by atoms with van der Waals surface area (Å²) in [6, 6.07) is 4.36. The van der Waals surface area contributed by atoms with Crippen LogP contribution in [-0.4, -0.2) is 19.6 Å². The summed E-state index contributed by atoms with van der Waals surface area (Å²) in [6.45, 7) is 2.39. The van der Waals surface area contributed by atoms with E-state index in [0.29, 0.717) is 12.3 Å². The molecule has 1 aromatic rings. The second-order valence-electron chi connectivity index (χ2n) is 2.83. The average molecular weight is 211 g/mol. The molecule has 4 nitrogen and oxygen atoms in total. The van der Waals surface area contributed by atoms with Crippen molar-refractivity contribution in [2.24, 2.45) is 10.7 Å². The highest BCUT2D eigenvalue weighted by molar-refractivity contribution is 5.92. The first kappa shape index (κ1) is 11.3. The molecule has 0 unspecified atom stereocenters. The fraction of sp³-hybridized carbons (Fsp3) is 0.300. The van der Waals surface area contributed by atoms with Gasteiger partial charge in [0.05, 0.1) is 12.8 Å². The number of halogens is 1. The minimum atomic E-state index is -0.398. The molecule has 1 rings (SSSR count). The SMILES string of the molecule is CCN=C(N)Nc1cc(OC)ccc1F. The predicted octanol–water partition coefficient (Wildman–Crippen LogP) is 1.58. The summed E-state index contributed by atoms with van der Waals surface area (Å²) in [7, 11) is 1.51. The summed E-state index contributed by atoms with van der Waals surface area (Å²) in [4.78, 5) is 3.89. The van der Waals surface area contributed by atoms with Crippen molar-refractivity contribution in [1.82, 2.24) is 0 Å². The van der Waals surface area contributed by atoms with Crippen LogP contribution >= 0.6 is 0 Å². The van der Waals surface area contributed by atoms with Gasteiger partial charge in [0, 0.05) is 12.6 Å². The predicted molar refractivity (Wildman–Crippen MR) is 58.7 cm³/mol. The largest absolute Gasteiger partial charge is 0.497 e. The molecule has 15 heavy (non-hydrogen) atoms. The Morgan fingerprint density at radius 3 is 2.93 bits per heavy atom. The van der Waals surface area contributed by atoms with Crippen molar-refractivity contribution in [2.45, 2.75) is 6.92 Å². The Hall–Kier alpha value is -1.78. The maximum atomic E-state index is 13.3. The summed E-state index contributed by atoms with van der Waals surface area (Å²) in [5.41, 5.74) is 5.76. The number of hydrogen-bond acceptors (Lipinski definition) is 2. The van der Waals surface area contributed by atoms with E-state index in [0.717, 1.165) is 0 Å². The fourth-order valence-corrected chi connectivity index (χ4v) is 1.07. The first-order valence-corrected chi connectivity index (χ1v) is 4.58. The molecule has 1 aromatic carbocycles. The molecule has 0 bridgehead atoms. The lowest BCUT2D eigenvalue weighted by Gasteiger charge is -2.08. The highest BCUT2D eigenvalue weighted by atomic mass is 19.1. The van der Waals surface area contributed by atoms with Gasteiger partial charge < -0.3 is 15.8 Å². The van der Waals surface area contributed by atoms with Gasteiger partial charge in [0.15, 0.2) is 5.96 Å². The van der Waals surface area contributed by atoms with Crippen LogP contribution in [0.4, 0.5) is 10.1 Å². The van der Waals surface area contributed by atoms with E-state index in [1.165, 1.54) is 25.3 Å². The van der Waals surface area contributed by atoms with E-state index >= 15 is 0 Å². The lowest BCUT2D eigenvalue weighted by Crippen LogP contribution is -2.23. The molecule has 5 heteroatoms. The lowest BCUT2D eigenvalue weighted by molar-refractivity contribution is 0.414. The van der Waals surface area contributed by atoms with Crippen LogP contribution in [0.2, 0.25) is 0 Å². The minimum absolute atomic E-state index is 0.185. The van der Waals surface area contributed by atoms with E-state index in [9.17, 15) is 4.39 Å². The summed E-state index contributed by atoms with van der Waals surface area (Å²) in [5, 5.41) is 2.66. The molecule has 0 aromatic heterocycles. The van der Waals surface area contributed by atoms with Gasteiger partial charge in [-0.25, -0.2) is 4.39 Å². The summed E-state index contributed by atoms with van der Waals surface area (Å²) in [6.07, 6.45) is 0. The van der Waals surface area contributed by atoms with Crippen LogP contribution in [0.25, 0.3) is 0 Å². The van der Waals surface area contributed by atoms with Crippen LogP contribution < -0.4 is 15.8 Å². The molecule has 0 aliphatic heterocycles. The third-order valence-electron chi connectivity index (χ3n) is 1.76. The van der Waals surface area contributed by atoms with Gasteiger partial charge in [-0.2, -0.15) is 0 Å². The molecule has 0 fully saturated rings. The van der Waals surface area contributed by atoms with Crippen molar-refractivity contribution < 1.29 is 9.13 Å². The monoisotopic (exact) mass is 211 g/mol. The standard InChI is InChI=1S/C10H14FN3O/c1-3-13-10(12)14-9-6-7(15-2)4-5-8(9)11/h4-6H,3H2,1-2H3,(H3,12,13,14). The van der Waals surface area contributed by atoms with E-state index in [-0.39, 0.29) is 11.6 Å². The van der Waals surface area contributed by atoms with Crippen molar-refractivity contribution in [1.29, 1.82) is 0 Å². The van der Waals surface area contributed by atoms with Crippen LogP contribution in [0, 0.1) is 5.82 Å². The van der Waals surface area contributed by atoms with Crippen molar-refractivity contribution in [3.05, 3.63) is 24.0 Å². The second kappa shape index (κ2) is 5.19. The number of ether oxygens (including phenoxy) is 1. The van der Waals surface area contributed by atoms with Crippen LogP contribution in [0.1, 0.15) is 6.92 Å². The number of aliphatic imine (C=N–C) groups is 1. The van der Waals surface area contributed by atoms with E-state index in [2.05, 4.69) is 10.3 Å². The van der Waals surface area contributed by atoms with Gasteiger partial charge in [0.25, 0.3) is 0 Å². The highest BCUT2D eigenvalue weighted by Gasteiger charge is 2.04. The summed E-state index contributed by atoms with van der Waals surface area (Å²) >= 11 is 0. The van der Waals surface area contributed by atoms with Crippen LogP contribution in [0.5, 0.6) is 5.75 Å². The molecular formula is C10H14FN3O. The average Bonchev–Trinajstić information content (AvgIpc) is 2.21. The normalized spacial score (nSPS) is 11.3. The number of methoxy groups -OCH3 is 1. The van der Waals surface area contributed by atoms with Crippen LogP contribution in [-0.2, 0) is 0 Å². The topological polar surface area (TPSA) is 59.6 Å². The lowest BCUT2D eigenvalue weighted by atomic mass is 10.3. The van der Waals surface area contributed by atoms with Crippen molar-refractivity contribution >= 4 is 11.6 Å². The Labute approximate surface area is 88.0 Å². The quantitative estimate of drug-likeness (QED) is 0.589. The molecule has 0 saturated heterocycles. The Kier molecular flexibility index (Phi) is 3.91. The molecule has 0 aliphatic rings. The molecule has 3 N–H and O–H groups in total. The van der Waals surface area contributed by atoms with Crippen molar-refractivity contribution in [2.75, 3.05) is 19.0 Å². The highest BCUT2D eigenvalue weighted by Crippen LogP contribution is 2.20. The number of nitrogens with two attached hydrogens (primary N) is 1. The fourth-order valence-electron chi connectivity index (χ4n) is 1.07. The maximum Gasteiger partial charge on any atom is 0.193 e. The third kappa shape index (κ3) is 3.12. The first-order valence-electron chi connectivity index (χ1n) is 4.58. The van der Waals surface area contributed by atoms with Crippen molar-refractivity contribution in [3.8, 4) is 5.75 Å². The van der Waals surface area contributed by atoms with E-state index in [1.807, 2.05) is 6.92 Å². The summed E-state index contributed by atoms with van der Waals surface area (Å²) in [5.74, 6) is 0.345. The molecule has 0 heterocycles. The van der Waals surface area contributed by atoms with E-state index < -0.39 is 5.82 Å². The zero-order valence-electron chi connectivity index (χ0n) is 8.75. The molecule has 0 spiro atoms. The number of benzene rings is 1. The molecule has 0 saturated carbocycles.